The number of para-hydroxylation sites is 1. The number of hydrogen-bond donors (Lipinski definition) is 2. The second kappa shape index (κ2) is 8.25. The van der Waals surface area contributed by atoms with E-state index in [1.165, 1.54) is 12.3 Å². The molecule has 0 aliphatic carbocycles. The van der Waals surface area contributed by atoms with Gasteiger partial charge in [0.15, 0.2) is 0 Å². The third kappa shape index (κ3) is 4.45. The predicted molar refractivity (Wildman–Crippen MR) is 101 cm³/mol. The van der Waals surface area contributed by atoms with Crippen molar-refractivity contribution >= 4 is 17.3 Å². The van der Waals surface area contributed by atoms with Crippen molar-refractivity contribution in [2.75, 3.05) is 11.9 Å². The number of nitrogens with zero attached hydrogens (tertiary/aromatic N) is 1. The van der Waals surface area contributed by atoms with E-state index in [1.54, 1.807) is 30.5 Å². The number of amides is 1. The molecule has 3 aromatic rings. The van der Waals surface area contributed by atoms with E-state index in [9.17, 15) is 9.18 Å². The second-order valence-electron chi connectivity index (χ2n) is 6.00. The summed E-state index contributed by atoms with van der Waals surface area (Å²) < 4.78 is 13.6. The Kier molecular flexibility index (Phi) is 5.59. The van der Waals surface area contributed by atoms with Crippen molar-refractivity contribution in [3.63, 3.8) is 0 Å². The van der Waals surface area contributed by atoms with Crippen molar-refractivity contribution in [2.24, 2.45) is 0 Å². The first-order valence-corrected chi connectivity index (χ1v) is 8.43. The highest BCUT2D eigenvalue weighted by molar-refractivity contribution is 5.94. The summed E-state index contributed by atoms with van der Waals surface area (Å²) in [6, 6.07) is 16.2. The SMILES string of the molecule is Cc1ccccc1Nc1cncc(C(=O)NCCc2ccccc2F)c1. The number of rotatable bonds is 6. The van der Waals surface area contributed by atoms with Crippen molar-refractivity contribution < 1.29 is 9.18 Å². The largest absolute Gasteiger partial charge is 0.354 e. The number of halogens is 1. The Morgan fingerprint density at radius 1 is 1.08 bits per heavy atom. The van der Waals surface area contributed by atoms with Gasteiger partial charge >= 0.3 is 0 Å². The average Bonchev–Trinajstić information content (AvgIpc) is 2.65. The molecule has 2 aromatic carbocycles. The number of aromatic nitrogens is 1. The van der Waals surface area contributed by atoms with Crippen LogP contribution in [0.15, 0.2) is 67.0 Å². The Morgan fingerprint density at radius 3 is 2.65 bits per heavy atom. The summed E-state index contributed by atoms with van der Waals surface area (Å²) in [5.74, 6) is -0.491. The van der Waals surface area contributed by atoms with Crippen LogP contribution in [-0.2, 0) is 6.42 Å². The molecule has 2 N–H and O–H groups in total. The second-order valence-corrected chi connectivity index (χ2v) is 6.00. The minimum absolute atomic E-state index is 0.234. The highest BCUT2D eigenvalue weighted by atomic mass is 19.1. The fourth-order valence-corrected chi connectivity index (χ4v) is 2.62. The molecule has 3 rings (SSSR count). The Hall–Kier alpha value is -3.21. The molecule has 0 radical (unpaired) electrons. The van der Waals surface area contributed by atoms with Gasteiger partial charge in [-0.25, -0.2) is 4.39 Å². The number of aryl methyl sites for hydroxylation is 1. The molecule has 1 heterocycles. The van der Waals surface area contributed by atoms with E-state index < -0.39 is 0 Å². The average molecular weight is 349 g/mol. The topological polar surface area (TPSA) is 54.0 Å². The Morgan fingerprint density at radius 2 is 1.85 bits per heavy atom. The Labute approximate surface area is 152 Å². The maximum atomic E-state index is 13.6. The third-order valence-corrected chi connectivity index (χ3v) is 4.06. The molecule has 5 heteroatoms. The molecule has 0 unspecified atom stereocenters. The standard InChI is InChI=1S/C21H20FN3O/c1-15-6-2-5-9-20(15)25-18-12-17(13-23-14-18)21(26)24-11-10-16-7-3-4-8-19(16)22/h2-9,12-14,25H,10-11H2,1H3,(H,24,26). The molecule has 0 atom stereocenters. The number of carbonyl (C=O) groups excluding carboxylic acids is 1. The maximum absolute atomic E-state index is 13.6. The first-order valence-electron chi connectivity index (χ1n) is 8.43. The summed E-state index contributed by atoms with van der Waals surface area (Å²) in [6.45, 7) is 2.37. The van der Waals surface area contributed by atoms with E-state index >= 15 is 0 Å². The van der Waals surface area contributed by atoms with Gasteiger partial charge in [0, 0.05) is 18.4 Å². The van der Waals surface area contributed by atoms with E-state index in [4.69, 9.17) is 0 Å². The van der Waals surface area contributed by atoms with Gasteiger partial charge < -0.3 is 10.6 Å². The Balaban J connectivity index is 1.61. The third-order valence-electron chi connectivity index (χ3n) is 4.06. The van der Waals surface area contributed by atoms with Crippen LogP contribution in [0, 0.1) is 12.7 Å². The van der Waals surface area contributed by atoms with Gasteiger partial charge in [0.25, 0.3) is 5.91 Å². The zero-order valence-electron chi connectivity index (χ0n) is 14.5. The van der Waals surface area contributed by atoms with E-state index in [2.05, 4.69) is 15.6 Å². The maximum Gasteiger partial charge on any atom is 0.252 e. The van der Waals surface area contributed by atoms with Gasteiger partial charge in [-0.1, -0.05) is 36.4 Å². The monoisotopic (exact) mass is 349 g/mol. The lowest BCUT2D eigenvalue weighted by molar-refractivity contribution is 0.0953. The van der Waals surface area contributed by atoms with E-state index in [-0.39, 0.29) is 11.7 Å². The van der Waals surface area contributed by atoms with Gasteiger partial charge in [-0.15, -0.1) is 0 Å². The molecule has 0 fully saturated rings. The van der Waals surface area contributed by atoms with Gasteiger partial charge in [-0.05, 0) is 42.7 Å². The molecule has 1 aromatic heterocycles. The molecule has 26 heavy (non-hydrogen) atoms. The zero-order valence-corrected chi connectivity index (χ0v) is 14.5. The van der Waals surface area contributed by atoms with Crippen LogP contribution in [-0.4, -0.2) is 17.4 Å². The molecule has 0 bridgehead atoms. The number of carbonyl (C=O) groups is 1. The highest BCUT2D eigenvalue weighted by Gasteiger charge is 2.08. The smallest absolute Gasteiger partial charge is 0.252 e. The van der Waals surface area contributed by atoms with Crippen LogP contribution in [0.4, 0.5) is 15.8 Å². The number of pyridine rings is 1. The van der Waals surface area contributed by atoms with Gasteiger partial charge in [0.1, 0.15) is 5.82 Å². The summed E-state index contributed by atoms with van der Waals surface area (Å²) in [4.78, 5) is 16.4. The van der Waals surface area contributed by atoms with Crippen molar-refractivity contribution in [2.45, 2.75) is 13.3 Å². The molecular formula is C21H20FN3O. The molecule has 0 aliphatic heterocycles. The number of nitrogens with one attached hydrogen (secondary N) is 2. The van der Waals surface area contributed by atoms with Crippen molar-refractivity contribution in [1.29, 1.82) is 0 Å². The minimum Gasteiger partial charge on any atom is -0.354 e. The summed E-state index contributed by atoms with van der Waals surface area (Å²) >= 11 is 0. The van der Waals surface area contributed by atoms with Crippen LogP contribution in [0.1, 0.15) is 21.5 Å². The van der Waals surface area contributed by atoms with Crippen LogP contribution in [0.5, 0.6) is 0 Å². The number of benzene rings is 2. The van der Waals surface area contributed by atoms with Crippen LogP contribution in [0.25, 0.3) is 0 Å². The first-order chi connectivity index (χ1) is 12.6. The summed E-state index contributed by atoms with van der Waals surface area (Å²) in [5.41, 5.74) is 3.85. The lowest BCUT2D eigenvalue weighted by atomic mass is 10.1. The molecule has 1 amide bonds. The fourth-order valence-electron chi connectivity index (χ4n) is 2.62. The molecule has 132 valence electrons. The molecular weight excluding hydrogens is 329 g/mol. The van der Waals surface area contributed by atoms with Gasteiger partial charge in [-0.3, -0.25) is 9.78 Å². The minimum atomic E-state index is -0.257. The van der Waals surface area contributed by atoms with E-state index in [0.29, 0.717) is 24.1 Å². The lowest BCUT2D eigenvalue weighted by Gasteiger charge is -2.10. The summed E-state index contributed by atoms with van der Waals surface area (Å²) in [7, 11) is 0. The highest BCUT2D eigenvalue weighted by Crippen LogP contribution is 2.20. The summed E-state index contributed by atoms with van der Waals surface area (Å²) in [5, 5.41) is 6.07. The number of anilines is 2. The van der Waals surface area contributed by atoms with Crippen molar-refractivity contribution in [1.82, 2.24) is 10.3 Å². The molecule has 4 nitrogen and oxygen atoms in total. The van der Waals surface area contributed by atoms with Gasteiger partial charge in [-0.2, -0.15) is 0 Å². The normalized spacial score (nSPS) is 10.4. The molecule has 0 spiro atoms. The van der Waals surface area contributed by atoms with Crippen molar-refractivity contribution in [3.8, 4) is 0 Å². The van der Waals surface area contributed by atoms with E-state index in [1.807, 2.05) is 31.2 Å². The fraction of sp³-hybridized carbons (Fsp3) is 0.143. The van der Waals surface area contributed by atoms with Crippen LogP contribution in [0.2, 0.25) is 0 Å². The van der Waals surface area contributed by atoms with E-state index in [0.717, 1.165) is 16.9 Å². The molecule has 0 saturated carbocycles. The molecule has 0 saturated heterocycles. The Bertz CT molecular complexity index is 911. The van der Waals surface area contributed by atoms with Crippen LogP contribution < -0.4 is 10.6 Å². The lowest BCUT2D eigenvalue weighted by Crippen LogP contribution is -2.26. The number of hydrogen-bond acceptors (Lipinski definition) is 3. The van der Waals surface area contributed by atoms with Gasteiger partial charge in [0.2, 0.25) is 0 Å². The molecule has 0 aliphatic rings. The quantitative estimate of drug-likeness (QED) is 0.700. The zero-order chi connectivity index (χ0) is 18.4. The van der Waals surface area contributed by atoms with Crippen LogP contribution >= 0.6 is 0 Å². The van der Waals surface area contributed by atoms with Crippen LogP contribution in [0.3, 0.4) is 0 Å². The summed E-state index contributed by atoms with van der Waals surface area (Å²) in [6.07, 6.45) is 3.62. The predicted octanol–water partition coefficient (Wildman–Crippen LogP) is 4.25. The van der Waals surface area contributed by atoms with Crippen molar-refractivity contribution in [3.05, 3.63) is 89.5 Å². The van der Waals surface area contributed by atoms with Gasteiger partial charge in [0.05, 0.1) is 17.4 Å². The first kappa shape index (κ1) is 17.6.